The van der Waals surface area contributed by atoms with Crippen molar-refractivity contribution < 1.29 is 9.47 Å². The first kappa shape index (κ1) is 24.2. The molecule has 0 spiro atoms. The van der Waals surface area contributed by atoms with Crippen LogP contribution in [0, 0.1) is 0 Å². The first-order valence-electron chi connectivity index (χ1n) is 12.0. The van der Waals surface area contributed by atoms with Gasteiger partial charge in [-0.05, 0) is 54.0 Å². The van der Waals surface area contributed by atoms with Crippen LogP contribution in [0.4, 0.5) is 0 Å². The molecule has 8 nitrogen and oxygen atoms in total. The van der Waals surface area contributed by atoms with Gasteiger partial charge in [-0.1, -0.05) is 43.3 Å². The number of methoxy groups -OCH3 is 2. The van der Waals surface area contributed by atoms with Gasteiger partial charge in [0.05, 0.1) is 25.8 Å². The van der Waals surface area contributed by atoms with Crippen LogP contribution in [-0.4, -0.2) is 70.4 Å². The van der Waals surface area contributed by atoms with Gasteiger partial charge in [0.1, 0.15) is 0 Å². The van der Waals surface area contributed by atoms with Crippen LogP contribution in [0.15, 0.2) is 48.5 Å². The lowest BCUT2D eigenvalue weighted by atomic mass is 9.98. The number of nitrogens with zero attached hydrogens (tertiary/aromatic N) is 6. The topological polar surface area (TPSA) is 68.5 Å². The molecule has 4 rings (SSSR count). The Balaban J connectivity index is 1.64. The van der Waals surface area contributed by atoms with E-state index >= 15 is 0 Å². The van der Waals surface area contributed by atoms with Crippen molar-refractivity contribution in [1.82, 2.24) is 30.0 Å². The summed E-state index contributed by atoms with van der Waals surface area (Å²) in [6.07, 6.45) is 0.925. The first-order valence-corrected chi connectivity index (χ1v) is 12.0. The summed E-state index contributed by atoms with van der Waals surface area (Å²) < 4.78 is 13.1. The summed E-state index contributed by atoms with van der Waals surface area (Å²) in [7, 11) is 3.33. The Hall–Kier alpha value is -2.97. The quantitative estimate of drug-likeness (QED) is 0.478. The lowest BCUT2D eigenvalue weighted by molar-refractivity contribution is 0.0971. The number of ether oxygens (including phenoxy) is 2. The molecule has 3 aromatic rings. The summed E-state index contributed by atoms with van der Waals surface area (Å²) >= 11 is 0. The van der Waals surface area contributed by atoms with Crippen molar-refractivity contribution in [2.45, 2.75) is 45.3 Å². The number of hydrogen-bond donors (Lipinski definition) is 0. The highest BCUT2D eigenvalue weighted by Crippen LogP contribution is 2.36. The van der Waals surface area contributed by atoms with E-state index in [-0.39, 0.29) is 11.6 Å². The van der Waals surface area contributed by atoms with Crippen LogP contribution in [0.2, 0.25) is 0 Å². The molecule has 2 aromatic carbocycles. The van der Waals surface area contributed by atoms with E-state index in [2.05, 4.69) is 88.6 Å². The van der Waals surface area contributed by atoms with Gasteiger partial charge < -0.3 is 9.47 Å². The van der Waals surface area contributed by atoms with Crippen molar-refractivity contribution in [2.24, 2.45) is 0 Å². The molecule has 1 saturated heterocycles. The maximum atomic E-state index is 5.62. The number of tetrazole rings is 1. The fraction of sp³-hybridized carbons (Fsp3) is 0.500. The molecule has 1 aromatic heterocycles. The minimum atomic E-state index is -0.192. The third kappa shape index (κ3) is 5.08. The van der Waals surface area contributed by atoms with Crippen LogP contribution >= 0.6 is 0 Å². The minimum Gasteiger partial charge on any atom is -0.493 e. The Morgan fingerprint density at radius 3 is 2.29 bits per heavy atom. The lowest BCUT2D eigenvalue weighted by Crippen LogP contribution is -2.48. The number of benzene rings is 2. The molecule has 1 aliphatic rings. The number of piperazine rings is 1. The molecule has 8 heteroatoms. The van der Waals surface area contributed by atoms with Gasteiger partial charge in [-0.3, -0.25) is 9.80 Å². The van der Waals surface area contributed by atoms with E-state index in [4.69, 9.17) is 9.47 Å². The highest BCUT2D eigenvalue weighted by atomic mass is 16.5. The highest BCUT2D eigenvalue weighted by molar-refractivity contribution is 5.45. The molecule has 34 heavy (non-hydrogen) atoms. The van der Waals surface area contributed by atoms with Gasteiger partial charge in [-0.2, -0.15) is 0 Å². The molecule has 0 amide bonds. The van der Waals surface area contributed by atoms with Crippen LogP contribution in [0.25, 0.3) is 0 Å². The average Bonchev–Trinajstić information content (AvgIpc) is 3.36. The van der Waals surface area contributed by atoms with Gasteiger partial charge >= 0.3 is 0 Å². The summed E-state index contributed by atoms with van der Waals surface area (Å²) in [6.45, 7) is 11.3. The molecule has 0 saturated carbocycles. The van der Waals surface area contributed by atoms with E-state index in [1.54, 1.807) is 14.2 Å². The largest absolute Gasteiger partial charge is 0.493 e. The van der Waals surface area contributed by atoms with E-state index in [0.29, 0.717) is 11.5 Å². The van der Waals surface area contributed by atoms with Crippen LogP contribution in [-0.2, 0) is 12.1 Å². The molecular formula is C26H36N6O2. The van der Waals surface area contributed by atoms with Gasteiger partial charge in [0.2, 0.25) is 0 Å². The Labute approximate surface area is 202 Å². The van der Waals surface area contributed by atoms with E-state index in [0.717, 1.165) is 50.5 Å². The molecule has 182 valence electrons. The Bertz CT molecular complexity index is 1060. The zero-order valence-electron chi connectivity index (χ0n) is 20.9. The monoisotopic (exact) mass is 464 g/mol. The van der Waals surface area contributed by atoms with Crippen LogP contribution in [0.1, 0.15) is 50.2 Å². The second kappa shape index (κ2) is 10.5. The number of aromatic nitrogens is 4. The van der Waals surface area contributed by atoms with E-state index < -0.39 is 0 Å². The van der Waals surface area contributed by atoms with Gasteiger partial charge in [-0.25, -0.2) is 4.68 Å². The number of rotatable bonds is 9. The summed E-state index contributed by atoms with van der Waals surface area (Å²) in [6, 6.07) is 16.7. The zero-order chi connectivity index (χ0) is 24.1. The van der Waals surface area contributed by atoms with Gasteiger partial charge in [0.15, 0.2) is 17.3 Å². The summed E-state index contributed by atoms with van der Waals surface area (Å²) in [4.78, 5) is 4.99. The maximum Gasteiger partial charge on any atom is 0.173 e. The molecule has 1 unspecified atom stereocenters. The molecule has 1 atom stereocenters. The van der Waals surface area contributed by atoms with Gasteiger partial charge in [-0.15, -0.1) is 5.10 Å². The summed E-state index contributed by atoms with van der Waals surface area (Å²) in [5, 5.41) is 13.0. The van der Waals surface area contributed by atoms with Gasteiger partial charge in [0.25, 0.3) is 0 Å². The molecule has 0 bridgehead atoms. The second-order valence-electron chi connectivity index (χ2n) is 9.43. The Morgan fingerprint density at radius 1 is 0.941 bits per heavy atom. The Morgan fingerprint density at radius 2 is 1.65 bits per heavy atom. The molecule has 1 fully saturated rings. The van der Waals surface area contributed by atoms with Crippen molar-refractivity contribution in [2.75, 3.05) is 40.4 Å². The van der Waals surface area contributed by atoms with Crippen molar-refractivity contribution in [3.8, 4) is 11.5 Å². The highest BCUT2D eigenvalue weighted by Gasteiger charge is 2.34. The van der Waals surface area contributed by atoms with E-state index in [1.165, 1.54) is 5.56 Å². The molecular weight excluding hydrogens is 428 g/mol. The summed E-state index contributed by atoms with van der Waals surface area (Å²) in [5.74, 6) is 2.28. The van der Waals surface area contributed by atoms with Crippen LogP contribution in [0.5, 0.6) is 11.5 Å². The second-order valence-corrected chi connectivity index (χ2v) is 9.43. The fourth-order valence-corrected chi connectivity index (χ4v) is 4.51. The first-order chi connectivity index (χ1) is 16.5. The predicted molar refractivity (Wildman–Crippen MR) is 132 cm³/mol. The normalized spacial score (nSPS) is 16.4. The lowest BCUT2D eigenvalue weighted by Gasteiger charge is -2.39. The van der Waals surface area contributed by atoms with Crippen molar-refractivity contribution in [1.29, 1.82) is 0 Å². The number of hydrogen-bond acceptors (Lipinski definition) is 7. The third-order valence-corrected chi connectivity index (χ3v) is 6.92. The van der Waals surface area contributed by atoms with Crippen molar-refractivity contribution in [3.63, 3.8) is 0 Å². The van der Waals surface area contributed by atoms with Crippen molar-refractivity contribution in [3.05, 3.63) is 65.5 Å². The summed E-state index contributed by atoms with van der Waals surface area (Å²) in [5.41, 5.74) is 2.25. The van der Waals surface area contributed by atoms with Crippen LogP contribution < -0.4 is 9.47 Å². The molecule has 0 radical (unpaired) electrons. The van der Waals surface area contributed by atoms with Crippen molar-refractivity contribution >= 4 is 0 Å². The third-order valence-electron chi connectivity index (χ3n) is 6.92. The van der Waals surface area contributed by atoms with Crippen LogP contribution in [0.3, 0.4) is 0 Å². The molecule has 0 N–H and O–H groups in total. The fourth-order valence-electron chi connectivity index (χ4n) is 4.51. The zero-order valence-corrected chi connectivity index (χ0v) is 20.9. The van der Waals surface area contributed by atoms with Gasteiger partial charge in [0, 0.05) is 32.7 Å². The van der Waals surface area contributed by atoms with E-state index in [9.17, 15) is 0 Å². The molecule has 1 aliphatic heterocycles. The maximum absolute atomic E-state index is 5.62. The smallest absolute Gasteiger partial charge is 0.173 e. The predicted octanol–water partition coefficient (Wildman–Crippen LogP) is 3.74. The minimum absolute atomic E-state index is 0.0838. The Kier molecular flexibility index (Phi) is 7.48. The molecule has 2 heterocycles. The standard InChI is InChI=1S/C26H36N6O2/c1-6-26(2,3)32-25(27-28-29-32)24(21-12-13-22(33-4)23(18-21)34-5)31-16-14-30(15-17-31)19-20-10-8-7-9-11-20/h7-13,18,24H,6,14-17,19H2,1-5H3. The average molecular weight is 465 g/mol. The molecule has 0 aliphatic carbocycles. The SMILES string of the molecule is CCC(C)(C)n1nnnc1C(c1ccc(OC)c(OC)c1)N1CCN(Cc2ccccc2)CC1. The van der Waals surface area contributed by atoms with E-state index in [1.807, 2.05) is 10.7 Å².